The number of methoxy groups -OCH3 is 2. The molecule has 4 nitrogen and oxygen atoms in total. The molecule has 20 heavy (non-hydrogen) atoms. The van der Waals surface area contributed by atoms with Crippen molar-refractivity contribution in [3.8, 4) is 5.75 Å². The van der Waals surface area contributed by atoms with E-state index in [9.17, 15) is 0 Å². The van der Waals surface area contributed by atoms with E-state index in [4.69, 9.17) is 14.2 Å². The van der Waals surface area contributed by atoms with Crippen molar-refractivity contribution in [1.82, 2.24) is 5.32 Å². The molecule has 1 aromatic rings. The zero-order valence-corrected chi connectivity index (χ0v) is 13.0. The number of nitrogens with one attached hydrogen (secondary N) is 1. The highest BCUT2D eigenvalue weighted by Gasteiger charge is 2.16. The van der Waals surface area contributed by atoms with E-state index in [1.165, 1.54) is 0 Å². The summed E-state index contributed by atoms with van der Waals surface area (Å²) in [5, 5.41) is 3.41. The first-order chi connectivity index (χ1) is 9.71. The molecule has 1 N–H and O–H groups in total. The van der Waals surface area contributed by atoms with Gasteiger partial charge in [0.15, 0.2) is 0 Å². The Kier molecular flexibility index (Phi) is 8.26. The first-order valence-electron chi connectivity index (χ1n) is 7.20. The monoisotopic (exact) mass is 281 g/mol. The third-order valence-electron chi connectivity index (χ3n) is 3.02. The quantitative estimate of drug-likeness (QED) is 0.669. The van der Waals surface area contributed by atoms with E-state index >= 15 is 0 Å². The Labute approximate surface area is 122 Å². The molecule has 0 aliphatic carbocycles. The minimum absolute atomic E-state index is 0.00167. The average molecular weight is 281 g/mol. The van der Waals surface area contributed by atoms with Gasteiger partial charge >= 0.3 is 0 Å². The summed E-state index contributed by atoms with van der Waals surface area (Å²) in [7, 11) is 3.37. The summed E-state index contributed by atoms with van der Waals surface area (Å²) in [5.41, 5.74) is 1.12. The van der Waals surface area contributed by atoms with Crippen LogP contribution < -0.4 is 10.1 Å². The second-order valence-electron chi connectivity index (χ2n) is 4.87. The maximum Gasteiger partial charge on any atom is 0.119 e. The van der Waals surface area contributed by atoms with E-state index in [1.807, 2.05) is 25.1 Å². The van der Waals surface area contributed by atoms with E-state index in [0.29, 0.717) is 6.61 Å². The van der Waals surface area contributed by atoms with Crippen molar-refractivity contribution in [2.75, 3.05) is 33.9 Å². The van der Waals surface area contributed by atoms with Crippen LogP contribution in [0.1, 0.15) is 31.9 Å². The van der Waals surface area contributed by atoms with Crippen molar-refractivity contribution >= 4 is 0 Å². The van der Waals surface area contributed by atoms with Crippen LogP contribution in [0.5, 0.6) is 5.75 Å². The molecule has 0 fully saturated rings. The molecular weight excluding hydrogens is 254 g/mol. The zero-order valence-electron chi connectivity index (χ0n) is 13.0. The lowest BCUT2D eigenvalue weighted by Gasteiger charge is -2.23. The van der Waals surface area contributed by atoms with Crippen molar-refractivity contribution < 1.29 is 14.2 Å². The SMILES string of the molecule is CCCNCC(OC(C)COC)c1cccc(OC)c1. The van der Waals surface area contributed by atoms with Crippen LogP contribution in [0.25, 0.3) is 0 Å². The Bertz CT molecular complexity index is 370. The molecule has 0 aliphatic heterocycles. The molecule has 4 heteroatoms. The molecular formula is C16H27NO3. The number of benzene rings is 1. The standard InChI is InChI=1S/C16H27NO3/c1-5-9-17-11-16(20-13(2)12-18-3)14-7-6-8-15(10-14)19-4/h6-8,10,13,16-17H,5,9,11-12H2,1-4H3. The predicted octanol–water partition coefficient (Wildman–Crippen LogP) is 2.79. The number of rotatable bonds is 10. The van der Waals surface area contributed by atoms with Crippen LogP contribution in [-0.4, -0.2) is 40.0 Å². The van der Waals surface area contributed by atoms with Crippen LogP contribution in [-0.2, 0) is 9.47 Å². The van der Waals surface area contributed by atoms with Gasteiger partial charge in [0.25, 0.3) is 0 Å². The first-order valence-corrected chi connectivity index (χ1v) is 7.20. The number of ether oxygens (including phenoxy) is 3. The topological polar surface area (TPSA) is 39.7 Å². The van der Waals surface area contributed by atoms with Crippen molar-refractivity contribution in [1.29, 1.82) is 0 Å². The lowest BCUT2D eigenvalue weighted by molar-refractivity contribution is -0.0393. The van der Waals surface area contributed by atoms with E-state index in [0.717, 1.165) is 30.8 Å². The van der Waals surface area contributed by atoms with Gasteiger partial charge in [0.1, 0.15) is 5.75 Å². The van der Waals surface area contributed by atoms with Gasteiger partial charge in [-0.05, 0) is 37.6 Å². The summed E-state index contributed by atoms with van der Waals surface area (Å²) in [4.78, 5) is 0. The molecule has 0 bridgehead atoms. The smallest absolute Gasteiger partial charge is 0.119 e. The van der Waals surface area contributed by atoms with Crippen molar-refractivity contribution in [2.24, 2.45) is 0 Å². The molecule has 0 radical (unpaired) electrons. The van der Waals surface area contributed by atoms with E-state index in [2.05, 4.69) is 18.3 Å². The lowest BCUT2D eigenvalue weighted by Crippen LogP contribution is -2.28. The first kappa shape index (κ1) is 17.0. The van der Waals surface area contributed by atoms with Crippen LogP contribution >= 0.6 is 0 Å². The van der Waals surface area contributed by atoms with Gasteiger partial charge in [0.05, 0.1) is 25.9 Å². The minimum atomic E-state index is 0.00167. The Morgan fingerprint density at radius 2 is 2.05 bits per heavy atom. The summed E-state index contributed by atoms with van der Waals surface area (Å²) in [5.74, 6) is 0.853. The summed E-state index contributed by atoms with van der Waals surface area (Å²) in [6.07, 6.45) is 1.17. The molecule has 0 saturated heterocycles. The lowest BCUT2D eigenvalue weighted by atomic mass is 10.1. The Morgan fingerprint density at radius 1 is 1.25 bits per heavy atom. The van der Waals surface area contributed by atoms with E-state index in [1.54, 1.807) is 14.2 Å². The predicted molar refractivity (Wildman–Crippen MR) is 81.3 cm³/mol. The highest BCUT2D eigenvalue weighted by Crippen LogP contribution is 2.23. The number of hydrogen-bond donors (Lipinski definition) is 1. The average Bonchev–Trinajstić information content (AvgIpc) is 2.47. The fourth-order valence-corrected chi connectivity index (χ4v) is 2.05. The second-order valence-corrected chi connectivity index (χ2v) is 4.87. The molecule has 0 amide bonds. The molecule has 114 valence electrons. The summed E-state index contributed by atoms with van der Waals surface area (Å²) < 4.78 is 16.5. The highest BCUT2D eigenvalue weighted by molar-refractivity contribution is 5.30. The van der Waals surface area contributed by atoms with Gasteiger partial charge in [-0.15, -0.1) is 0 Å². The van der Waals surface area contributed by atoms with Crippen molar-refractivity contribution in [3.63, 3.8) is 0 Å². The summed E-state index contributed by atoms with van der Waals surface area (Å²) >= 11 is 0. The van der Waals surface area contributed by atoms with Gasteiger partial charge in [0, 0.05) is 13.7 Å². The Morgan fingerprint density at radius 3 is 2.70 bits per heavy atom. The molecule has 1 aromatic carbocycles. The van der Waals surface area contributed by atoms with Crippen LogP contribution in [0.3, 0.4) is 0 Å². The molecule has 0 spiro atoms. The van der Waals surface area contributed by atoms with Crippen molar-refractivity contribution in [3.05, 3.63) is 29.8 Å². The molecule has 0 aromatic heterocycles. The largest absolute Gasteiger partial charge is 0.497 e. The van der Waals surface area contributed by atoms with Gasteiger partial charge in [-0.1, -0.05) is 19.1 Å². The molecule has 0 aliphatic rings. The second kappa shape index (κ2) is 9.75. The summed E-state index contributed by atoms with van der Waals surface area (Å²) in [6.45, 7) is 6.55. The van der Waals surface area contributed by atoms with Gasteiger partial charge < -0.3 is 19.5 Å². The fraction of sp³-hybridized carbons (Fsp3) is 0.625. The maximum absolute atomic E-state index is 6.08. The van der Waals surface area contributed by atoms with Gasteiger partial charge in [-0.25, -0.2) is 0 Å². The highest BCUT2D eigenvalue weighted by atomic mass is 16.5. The molecule has 2 atom stereocenters. The van der Waals surface area contributed by atoms with Crippen LogP contribution in [0, 0.1) is 0 Å². The molecule has 0 saturated carbocycles. The maximum atomic E-state index is 6.08. The number of hydrogen-bond acceptors (Lipinski definition) is 4. The van der Waals surface area contributed by atoms with Gasteiger partial charge in [-0.3, -0.25) is 0 Å². The van der Waals surface area contributed by atoms with E-state index in [-0.39, 0.29) is 12.2 Å². The fourth-order valence-electron chi connectivity index (χ4n) is 2.05. The Hall–Kier alpha value is -1.10. The molecule has 0 heterocycles. The Balaban J connectivity index is 2.73. The zero-order chi connectivity index (χ0) is 14.8. The summed E-state index contributed by atoms with van der Waals surface area (Å²) in [6, 6.07) is 8.03. The van der Waals surface area contributed by atoms with Gasteiger partial charge in [-0.2, -0.15) is 0 Å². The van der Waals surface area contributed by atoms with Crippen molar-refractivity contribution in [2.45, 2.75) is 32.5 Å². The third-order valence-corrected chi connectivity index (χ3v) is 3.02. The third kappa shape index (κ3) is 5.90. The molecule has 1 rings (SSSR count). The normalized spacial score (nSPS) is 14.0. The van der Waals surface area contributed by atoms with Crippen LogP contribution in [0.2, 0.25) is 0 Å². The minimum Gasteiger partial charge on any atom is -0.497 e. The van der Waals surface area contributed by atoms with Crippen LogP contribution in [0.15, 0.2) is 24.3 Å². The molecule has 2 unspecified atom stereocenters. The van der Waals surface area contributed by atoms with E-state index < -0.39 is 0 Å². The van der Waals surface area contributed by atoms with Gasteiger partial charge in [0.2, 0.25) is 0 Å². The van der Waals surface area contributed by atoms with Crippen LogP contribution in [0.4, 0.5) is 0 Å².